The third-order valence-electron chi connectivity index (χ3n) is 4.29. The molecule has 0 spiro atoms. The van der Waals surface area contributed by atoms with Crippen molar-refractivity contribution < 1.29 is 14.3 Å². The first-order valence-electron chi connectivity index (χ1n) is 9.00. The minimum Gasteiger partial charge on any atom is -0.493 e. The Labute approximate surface area is 167 Å². The molecule has 0 aromatic heterocycles. The van der Waals surface area contributed by atoms with Crippen molar-refractivity contribution in [2.24, 2.45) is 11.8 Å². The number of hydrogen-bond acceptors (Lipinski definition) is 4. The van der Waals surface area contributed by atoms with Gasteiger partial charge in [0.25, 0.3) is 5.91 Å². The lowest BCUT2D eigenvalue weighted by atomic mass is 9.96. The summed E-state index contributed by atoms with van der Waals surface area (Å²) in [4.78, 5) is 12.4. The van der Waals surface area contributed by atoms with Crippen LogP contribution in [0.15, 0.2) is 12.1 Å². The van der Waals surface area contributed by atoms with E-state index in [0.717, 1.165) is 19.5 Å². The van der Waals surface area contributed by atoms with E-state index >= 15 is 0 Å². The van der Waals surface area contributed by atoms with Crippen LogP contribution < -0.4 is 20.1 Å². The molecule has 7 heteroatoms. The second-order valence-electron chi connectivity index (χ2n) is 6.95. The van der Waals surface area contributed by atoms with E-state index in [1.807, 2.05) is 0 Å². The fourth-order valence-corrected chi connectivity index (χ4v) is 3.17. The molecular formula is C19H30Cl2N2O3. The van der Waals surface area contributed by atoms with Crippen molar-refractivity contribution in [1.82, 2.24) is 10.6 Å². The fraction of sp³-hybridized carbons (Fsp3) is 0.632. The van der Waals surface area contributed by atoms with E-state index in [4.69, 9.17) is 21.1 Å². The molecule has 0 aliphatic carbocycles. The molecule has 26 heavy (non-hydrogen) atoms. The SMILES string of the molecule is COc1cc(C(=O)NCCC2CCCNC2)cc(Cl)c1OCC(C)C.Cl. The van der Waals surface area contributed by atoms with Crippen LogP contribution in [0.4, 0.5) is 0 Å². The molecule has 1 amide bonds. The second kappa shape index (κ2) is 11.5. The lowest BCUT2D eigenvalue weighted by molar-refractivity contribution is 0.0950. The smallest absolute Gasteiger partial charge is 0.251 e. The molecule has 148 valence electrons. The summed E-state index contributed by atoms with van der Waals surface area (Å²) in [6.07, 6.45) is 3.42. The number of carbonyl (C=O) groups is 1. The maximum absolute atomic E-state index is 12.4. The van der Waals surface area contributed by atoms with Gasteiger partial charge in [0, 0.05) is 12.1 Å². The molecule has 1 unspecified atom stereocenters. The minimum absolute atomic E-state index is 0. The zero-order valence-electron chi connectivity index (χ0n) is 15.8. The molecule has 0 bridgehead atoms. The lowest BCUT2D eigenvalue weighted by Gasteiger charge is -2.22. The summed E-state index contributed by atoms with van der Waals surface area (Å²) in [5.41, 5.74) is 0.487. The Morgan fingerprint density at radius 2 is 2.19 bits per heavy atom. The predicted octanol–water partition coefficient (Wildman–Crippen LogP) is 3.92. The molecule has 0 saturated carbocycles. The largest absolute Gasteiger partial charge is 0.493 e. The van der Waals surface area contributed by atoms with Crippen LogP contribution in [0.1, 0.15) is 43.5 Å². The number of benzene rings is 1. The first-order valence-corrected chi connectivity index (χ1v) is 9.38. The molecule has 2 rings (SSSR count). The van der Waals surface area contributed by atoms with Crippen LogP contribution >= 0.6 is 24.0 Å². The van der Waals surface area contributed by atoms with E-state index in [9.17, 15) is 4.79 Å². The maximum Gasteiger partial charge on any atom is 0.251 e. The molecule has 5 nitrogen and oxygen atoms in total. The van der Waals surface area contributed by atoms with Crippen LogP contribution in [0.2, 0.25) is 5.02 Å². The number of methoxy groups -OCH3 is 1. The molecule has 1 saturated heterocycles. The fourth-order valence-electron chi connectivity index (χ4n) is 2.90. The van der Waals surface area contributed by atoms with Gasteiger partial charge in [0.15, 0.2) is 11.5 Å². The summed E-state index contributed by atoms with van der Waals surface area (Å²) in [5.74, 6) is 1.84. The van der Waals surface area contributed by atoms with Crippen molar-refractivity contribution in [2.45, 2.75) is 33.1 Å². The summed E-state index contributed by atoms with van der Waals surface area (Å²) in [5, 5.41) is 6.76. The Morgan fingerprint density at radius 3 is 2.81 bits per heavy atom. The van der Waals surface area contributed by atoms with Gasteiger partial charge in [-0.15, -0.1) is 12.4 Å². The number of nitrogens with one attached hydrogen (secondary N) is 2. The van der Waals surface area contributed by atoms with Gasteiger partial charge in [-0.1, -0.05) is 25.4 Å². The van der Waals surface area contributed by atoms with E-state index in [1.54, 1.807) is 19.2 Å². The third kappa shape index (κ3) is 6.86. The second-order valence-corrected chi connectivity index (χ2v) is 7.36. The van der Waals surface area contributed by atoms with Gasteiger partial charge in [-0.3, -0.25) is 4.79 Å². The van der Waals surface area contributed by atoms with Crippen molar-refractivity contribution in [3.8, 4) is 11.5 Å². The van der Waals surface area contributed by atoms with Crippen LogP contribution in [0.5, 0.6) is 11.5 Å². The average molecular weight is 405 g/mol. The highest BCUT2D eigenvalue weighted by atomic mass is 35.5. The molecule has 1 aromatic rings. The highest BCUT2D eigenvalue weighted by Crippen LogP contribution is 2.36. The lowest BCUT2D eigenvalue weighted by Crippen LogP contribution is -2.33. The maximum atomic E-state index is 12.4. The predicted molar refractivity (Wildman–Crippen MR) is 108 cm³/mol. The summed E-state index contributed by atoms with van der Waals surface area (Å²) < 4.78 is 11.1. The summed E-state index contributed by atoms with van der Waals surface area (Å²) in [6.45, 7) is 7.46. The topological polar surface area (TPSA) is 59.6 Å². The number of rotatable bonds is 8. The van der Waals surface area contributed by atoms with Gasteiger partial charge in [-0.2, -0.15) is 0 Å². The number of halogens is 2. The normalized spacial score (nSPS) is 16.7. The number of ether oxygens (including phenoxy) is 2. The quantitative estimate of drug-likeness (QED) is 0.688. The number of amides is 1. The Kier molecular flexibility index (Phi) is 10.1. The molecule has 1 aliphatic heterocycles. The third-order valence-corrected chi connectivity index (χ3v) is 4.57. The van der Waals surface area contributed by atoms with Gasteiger partial charge in [0.2, 0.25) is 0 Å². The standard InChI is InChI=1S/C19H29ClN2O3.ClH/c1-13(2)12-25-18-16(20)9-15(10-17(18)24-3)19(23)22-8-6-14-5-4-7-21-11-14;/h9-10,13-14,21H,4-8,11-12H2,1-3H3,(H,22,23);1H. The van der Waals surface area contributed by atoms with Gasteiger partial charge in [0.1, 0.15) is 0 Å². The van der Waals surface area contributed by atoms with E-state index in [1.165, 1.54) is 12.8 Å². The van der Waals surface area contributed by atoms with Crippen LogP contribution in [0.25, 0.3) is 0 Å². The monoisotopic (exact) mass is 404 g/mol. The zero-order valence-corrected chi connectivity index (χ0v) is 17.3. The Balaban J connectivity index is 0.00000338. The summed E-state index contributed by atoms with van der Waals surface area (Å²) in [7, 11) is 1.55. The highest BCUT2D eigenvalue weighted by Gasteiger charge is 2.17. The van der Waals surface area contributed by atoms with E-state index < -0.39 is 0 Å². The molecule has 1 fully saturated rings. The molecule has 1 aromatic carbocycles. The number of hydrogen-bond donors (Lipinski definition) is 2. The van der Waals surface area contributed by atoms with Crippen LogP contribution in [0, 0.1) is 11.8 Å². The van der Waals surface area contributed by atoms with Gasteiger partial charge in [-0.05, 0) is 56.3 Å². The number of piperidine rings is 1. The van der Waals surface area contributed by atoms with Crippen LogP contribution in [-0.4, -0.2) is 39.3 Å². The Hall–Kier alpha value is -1.17. The van der Waals surface area contributed by atoms with Crippen molar-refractivity contribution in [2.75, 3.05) is 33.4 Å². The van der Waals surface area contributed by atoms with Crippen LogP contribution in [-0.2, 0) is 0 Å². The first kappa shape index (κ1) is 22.9. The van der Waals surface area contributed by atoms with Crippen LogP contribution in [0.3, 0.4) is 0 Å². The summed E-state index contributed by atoms with van der Waals surface area (Å²) in [6, 6.07) is 3.32. The van der Waals surface area contributed by atoms with E-state index in [2.05, 4.69) is 24.5 Å². The highest BCUT2D eigenvalue weighted by molar-refractivity contribution is 6.32. The van der Waals surface area contributed by atoms with Gasteiger partial charge in [-0.25, -0.2) is 0 Å². The minimum atomic E-state index is -0.139. The van der Waals surface area contributed by atoms with Gasteiger partial charge in [0.05, 0.1) is 18.7 Å². The van der Waals surface area contributed by atoms with Gasteiger partial charge >= 0.3 is 0 Å². The van der Waals surface area contributed by atoms with Crippen molar-refractivity contribution in [3.05, 3.63) is 22.7 Å². The first-order chi connectivity index (χ1) is 12.0. The van der Waals surface area contributed by atoms with Crippen molar-refractivity contribution >= 4 is 29.9 Å². The molecule has 2 N–H and O–H groups in total. The Morgan fingerprint density at radius 1 is 1.42 bits per heavy atom. The van der Waals surface area contributed by atoms with Crippen molar-refractivity contribution in [3.63, 3.8) is 0 Å². The Bertz CT molecular complexity index is 576. The zero-order chi connectivity index (χ0) is 18.2. The molecule has 1 heterocycles. The number of carbonyl (C=O) groups excluding carboxylic acids is 1. The molecule has 0 radical (unpaired) electrons. The van der Waals surface area contributed by atoms with E-state index in [0.29, 0.717) is 47.1 Å². The molecule has 1 aliphatic rings. The van der Waals surface area contributed by atoms with Crippen molar-refractivity contribution in [1.29, 1.82) is 0 Å². The average Bonchev–Trinajstić information content (AvgIpc) is 2.60. The molecule has 1 atom stereocenters. The summed E-state index contributed by atoms with van der Waals surface area (Å²) >= 11 is 6.30. The van der Waals surface area contributed by atoms with Gasteiger partial charge < -0.3 is 20.1 Å². The van der Waals surface area contributed by atoms with E-state index in [-0.39, 0.29) is 18.3 Å². The molecular weight excluding hydrogens is 375 g/mol.